The Morgan fingerprint density at radius 2 is 0.968 bits per heavy atom. The summed E-state index contributed by atoms with van der Waals surface area (Å²) >= 11 is 0. The molecule has 0 rings (SSSR count). The molecule has 0 fully saturated rings. The molecular formula is C11H10F14O5S. The molecule has 2 unspecified atom stereocenters. The molecule has 1 N–H and O–H groups in total. The summed E-state index contributed by atoms with van der Waals surface area (Å²) in [7, 11) is -7.25. The van der Waals surface area contributed by atoms with E-state index < -0.39 is 77.8 Å². The zero-order valence-corrected chi connectivity index (χ0v) is 15.6. The topological polar surface area (TPSA) is 72.8 Å². The standard InChI is InChI=1S/C11H10F14O5S/c1-4(12,13)7(17,18)8(19,5(2,14)15)30-9(20,21)6(3,16)29-10(22,23)11(24,25)31(26,27)28/h1-3H3,(H,26,27,28). The number of rotatable bonds is 10. The molecular weight excluding hydrogens is 510 g/mol. The van der Waals surface area contributed by atoms with Gasteiger partial charge in [0.15, 0.2) is 0 Å². The van der Waals surface area contributed by atoms with Crippen LogP contribution in [0.5, 0.6) is 0 Å². The highest BCUT2D eigenvalue weighted by Gasteiger charge is 2.82. The van der Waals surface area contributed by atoms with Gasteiger partial charge >= 0.3 is 57.1 Å². The molecule has 0 bridgehead atoms. The summed E-state index contributed by atoms with van der Waals surface area (Å²) in [4.78, 5) is 0. The Morgan fingerprint density at radius 1 is 0.613 bits per heavy atom. The van der Waals surface area contributed by atoms with Crippen molar-refractivity contribution in [3.8, 4) is 0 Å². The highest BCUT2D eigenvalue weighted by atomic mass is 32.2. The normalized spacial score (nSPS) is 19.7. The third-order valence-corrected chi connectivity index (χ3v) is 4.18. The van der Waals surface area contributed by atoms with Crippen LogP contribution in [-0.4, -0.2) is 59.9 Å². The maximum atomic E-state index is 14.1. The molecule has 20 heteroatoms. The van der Waals surface area contributed by atoms with E-state index in [1.54, 1.807) is 0 Å². The molecule has 31 heavy (non-hydrogen) atoms. The summed E-state index contributed by atoms with van der Waals surface area (Å²) in [6.07, 6.45) is -13.9. The van der Waals surface area contributed by atoms with Gasteiger partial charge in [-0.1, -0.05) is 0 Å². The van der Waals surface area contributed by atoms with Crippen molar-refractivity contribution in [3.63, 3.8) is 0 Å². The Kier molecular flexibility index (Phi) is 7.16. The first-order chi connectivity index (χ1) is 12.9. The van der Waals surface area contributed by atoms with Crippen molar-refractivity contribution in [2.75, 3.05) is 0 Å². The fourth-order valence-corrected chi connectivity index (χ4v) is 1.83. The van der Waals surface area contributed by atoms with Crippen molar-refractivity contribution >= 4 is 10.1 Å². The average Bonchev–Trinajstić information content (AvgIpc) is 2.41. The second-order valence-electron chi connectivity index (χ2n) is 6.09. The van der Waals surface area contributed by atoms with E-state index in [1.807, 2.05) is 0 Å². The highest BCUT2D eigenvalue weighted by molar-refractivity contribution is 7.86. The molecule has 0 aromatic rings. The molecule has 0 saturated heterocycles. The summed E-state index contributed by atoms with van der Waals surface area (Å²) in [5.74, 6) is -32.0. The second kappa shape index (κ2) is 7.44. The van der Waals surface area contributed by atoms with E-state index in [2.05, 4.69) is 9.47 Å². The molecule has 5 nitrogen and oxygen atoms in total. The van der Waals surface area contributed by atoms with Crippen LogP contribution < -0.4 is 0 Å². The zero-order chi connectivity index (χ0) is 25.9. The Hall–Kier alpha value is -1.15. The predicted octanol–water partition coefficient (Wildman–Crippen LogP) is 4.98. The van der Waals surface area contributed by atoms with Crippen molar-refractivity contribution < 1.29 is 83.9 Å². The maximum absolute atomic E-state index is 14.1. The van der Waals surface area contributed by atoms with E-state index in [0.717, 1.165) is 0 Å². The highest BCUT2D eigenvalue weighted by Crippen LogP contribution is 2.56. The Balaban J connectivity index is 6.47. The summed E-state index contributed by atoms with van der Waals surface area (Å²) in [6, 6.07) is 0. The number of ether oxygens (including phenoxy) is 2. The molecule has 0 saturated carbocycles. The lowest BCUT2D eigenvalue weighted by atomic mass is 9.98. The van der Waals surface area contributed by atoms with Crippen LogP contribution in [0.25, 0.3) is 0 Å². The third kappa shape index (κ3) is 4.95. The van der Waals surface area contributed by atoms with Crippen LogP contribution in [0.1, 0.15) is 20.8 Å². The fraction of sp³-hybridized carbons (Fsp3) is 1.00. The van der Waals surface area contributed by atoms with E-state index in [9.17, 15) is 69.9 Å². The number of halogens is 14. The Labute approximate surface area is 163 Å². The van der Waals surface area contributed by atoms with Gasteiger partial charge in [-0.15, -0.1) is 0 Å². The quantitative estimate of drug-likeness (QED) is 0.325. The monoisotopic (exact) mass is 520 g/mol. The third-order valence-electron chi connectivity index (χ3n) is 3.29. The lowest BCUT2D eigenvalue weighted by Gasteiger charge is -2.43. The van der Waals surface area contributed by atoms with Crippen molar-refractivity contribution in [2.45, 2.75) is 67.7 Å². The van der Waals surface area contributed by atoms with Crippen LogP contribution in [0.3, 0.4) is 0 Å². The predicted molar refractivity (Wildman–Crippen MR) is 68.1 cm³/mol. The Bertz CT molecular complexity index is 769. The second-order valence-corrected chi connectivity index (χ2v) is 7.56. The molecule has 0 aliphatic rings. The number of alkyl halides is 14. The average molecular weight is 520 g/mol. The number of hydrogen-bond acceptors (Lipinski definition) is 4. The smallest absolute Gasteiger partial charge is 0.281 e. The molecule has 0 heterocycles. The Morgan fingerprint density at radius 3 is 1.23 bits per heavy atom. The molecule has 0 aliphatic heterocycles. The van der Waals surface area contributed by atoms with Crippen molar-refractivity contribution in [1.82, 2.24) is 0 Å². The van der Waals surface area contributed by atoms with Gasteiger partial charge in [0.25, 0.3) is 0 Å². The summed E-state index contributed by atoms with van der Waals surface area (Å²) < 4.78 is 219. The molecule has 0 radical (unpaired) electrons. The van der Waals surface area contributed by atoms with E-state index >= 15 is 0 Å². The van der Waals surface area contributed by atoms with Gasteiger partial charge in [0, 0.05) is 20.8 Å². The van der Waals surface area contributed by atoms with Gasteiger partial charge in [-0.3, -0.25) is 14.0 Å². The lowest BCUT2D eigenvalue weighted by Crippen LogP contribution is -2.68. The van der Waals surface area contributed by atoms with Crippen LogP contribution in [0.15, 0.2) is 0 Å². The van der Waals surface area contributed by atoms with E-state index in [-0.39, 0.29) is 0 Å². The summed E-state index contributed by atoms with van der Waals surface area (Å²) in [6.45, 7) is -3.20. The molecule has 2 atom stereocenters. The molecule has 188 valence electrons. The fourth-order valence-electron chi connectivity index (χ4n) is 1.49. The van der Waals surface area contributed by atoms with Gasteiger partial charge in [-0.25, -0.2) is 13.2 Å². The molecule has 0 amide bonds. The SMILES string of the molecule is CC(F)(F)C(F)(F)C(F)(OC(F)(F)C(C)(F)OC(F)(F)C(F)(F)S(=O)(=O)O)C(C)(F)F. The van der Waals surface area contributed by atoms with Crippen LogP contribution in [0, 0.1) is 0 Å². The van der Waals surface area contributed by atoms with Crippen molar-refractivity contribution in [1.29, 1.82) is 0 Å². The van der Waals surface area contributed by atoms with Gasteiger partial charge in [0.05, 0.1) is 0 Å². The van der Waals surface area contributed by atoms with Crippen molar-refractivity contribution in [2.24, 2.45) is 0 Å². The molecule has 0 spiro atoms. The maximum Gasteiger partial charge on any atom is 0.460 e. The minimum absolute atomic E-state index is 0.986. The first kappa shape index (κ1) is 29.8. The summed E-state index contributed by atoms with van der Waals surface area (Å²) in [5, 5.41) is -6.93. The van der Waals surface area contributed by atoms with E-state index in [4.69, 9.17) is 4.55 Å². The van der Waals surface area contributed by atoms with Crippen LogP contribution >= 0.6 is 0 Å². The minimum Gasteiger partial charge on any atom is -0.281 e. The van der Waals surface area contributed by atoms with Gasteiger partial charge in [-0.2, -0.15) is 56.7 Å². The van der Waals surface area contributed by atoms with Gasteiger partial charge in [0.2, 0.25) is 0 Å². The van der Waals surface area contributed by atoms with Crippen LogP contribution in [0.2, 0.25) is 0 Å². The van der Waals surface area contributed by atoms with Gasteiger partial charge in [0.1, 0.15) is 0 Å². The van der Waals surface area contributed by atoms with Gasteiger partial charge < -0.3 is 0 Å². The largest absolute Gasteiger partial charge is 0.460 e. The zero-order valence-electron chi connectivity index (χ0n) is 14.8. The molecule has 0 aromatic heterocycles. The van der Waals surface area contributed by atoms with Crippen LogP contribution in [0.4, 0.5) is 61.5 Å². The lowest BCUT2D eigenvalue weighted by molar-refractivity contribution is -0.512. The summed E-state index contributed by atoms with van der Waals surface area (Å²) in [5.41, 5.74) is 0. The van der Waals surface area contributed by atoms with E-state index in [0.29, 0.717) is 0 Å². The molecule has 0 aliphatic carbocycles. The van der Waals surface area contributed by atoms with Gasteiger partial charge in [-0.05, 0) is 0 Å². The number of hydrogen-bond donors (Lipinski definition) is 1. The van der Waals surface area contributed by atoms with E-state index in [1.165, 1.54) is 0 Å². The first-order valence-electron chi connectivity index (χ1n) is 6.93. The molecule has 0 aromatic carbocycles. The van der Waals surface area contributed by atoms with Crippen molar-refractivity contribution in [3.05, 3.63) is 0 Å². The van der Waals surface area contributed by atoms with Crippen LogP contribution in [-0.2, 0) is 19.6 Å². The minimum atomic E-state index is -7.25. The first-order valence-corrected chi connectivity index (χ1v) is 8.37.